The summed E-state index contributed by atoms with van der Waals surface area (Å²) in [6.45, 7) is -0.946. The minimum absolute atomic E-state index is 0.0469. The van der Waals surface area contributed by atoms with E-state index in [2.05, 4.69) is 9.05 Å². The largest absolute Gasteiger partial charge is 0.470 e. The van der Waals surface area contributed by atoms with Gasteiger partial charge in [0, 0.05) is 0 Å². The van der Waals surface area contributed by atoms with Crippen molar-refractivity contribution in [2.24, 2.45) is 0 Å². The lowest BCUT2D eigenvalue weighted by atomic mass is 10.4. The Balaban J connectivity index is 4.12. The summed E-state index contributed by atoms with van der Waals surface area (Å²) >= 11 is 0. The third kappa shape index (κ3) is 8.49. The molecule has 1 atom stereocenters. The maximum Gasteiger partial charge on any atom is 0.470 e. The smallest absolute Gasteiger partial charge is 0.303 e. The van der Waals surface area contributed by atoms with E-state index >= 15 is 0 Å². The lowest BCUT2D eigenvalue weighted by Gasteiger charge is -2.12. The van der Waals surface area contributed by atoms with Crippen LogP contribution in [0.15, 0.2) is 0 Å². The topological polar surface area (TPSA) is 151 Å². The summed E-state index contributed by atoms with van der Waals surface area (Å²) in [6.07, 6.45) is -1.78. The van der Waals surface area contributed by atoms with Crippen LogP contribution < -0.4 is 0 Å². The van der Waals surface area contributed by atoms with Crippen LogP contribution in [-0.4, -0.2) is 38.6 Å². The van der Waals surface area contributed by atoms with Crippen LogP contribution in [-0.2, 0) is 23.0 Å². The van der Waals surface area contributed by atoms with E-state index in [0.717, 1.165) is 0 Å². The first-order valence-corrected chi connectivity index (χ1v) is 6.09. The molecule has 0 aliphatic carbocycles. The summed E-state index contributed by atoms with van der Waals surface area (Å²) in [5.41, 5.74) is 0. The number of aldehydes is 1. The van der Waals surface area contributed by atoms with Crippen molar-refractivity contribution in [3.05, 3.63) is 0 Å². The molecular weight excluding hydrogens is 242 g/mol. The fourth-order valence-electron chi connectivity index (χ4n) is 0.441. The van der Waals surface area contributed by atoms with Crippen LogP contribution in [0.1, 0.15) is 0 Å². The number of rotatable bonds is 6. The minimum atomic E-state index is -4.88. The molecule has 1 unspecified atom stereocenters. The van der Waals surface area contributed by atoms with Crippen molar-refractivity contribution in [3.8, 4) is 0 Å². The highest BCUT2D eigenvalue weighted by Crippen LogP contribution is 2.39. The van der Waals surface area contributed by atoms with E-state index in [0.29, 0.717) is 0 Å². The summed E-state index contributed by atoms with van der Waals surface area (Å²) in [5.74, 6) is 0. The van der Waals surface area contributed by atoms with Gasteiger partial charge in [-0.15, -0.1) is 0 Å². The molecule has 0 saturated carbocycles. The Morgan fingerprint density at radius 2 is 1.64 bits per heavy atom. The standard InChI is InChI=1S/C3H8O9P2/c4-1-3(12-14(8,9)10)2-11-13(5,6)7/h1,3H,2H2,(H2,5,6,7)(H2,8,9,10). The monoisotopic (exact) mass is 250 g/mol. The second-order valence-electron chi connectivity index (χ2n) is 2.06. The first-order chi connectivity index (χ1) is 6.14. The van der Waals surface area contributed by atoms with Crippen LogP contribution in [0.5, 0.6) is 0 Å². The first-order valence-electron chi connectivity index (χ1n) is 3.03. The molecule has 0 bridgehead atoms. The molecule has 0 aliphatic heterocycles. The van der Waals surface area contributed by atoms with Crippen LogP contribution >= 0.6 is 15.6 Å². The van der Waals surface area contributed by atoms with E-state index in [1.807, 2.05) is 0 Å². The van der Waals surface area contributed by atoms with Gasteiger partial charge in [-0.05, 0) is 0 Å². The molecule has 0 radical (unpaired) electrons. The summed E-state index contributed by atoms with van der Waals surface area (Å²) < 4.78 is 27.9. The van der Waals surface area contributed by atoms with Gasteiger partial charge in [0.05, 0.1) is 6.61 Å². The van der Waals surface area contributed by atoms with Gasteiger partial charge in [-0.2, -0.15) is 0 Å². The molecule has 0 fully saturated rings. The van der Waals surface area contributed by atoms with Crippen LogP contribution in [0.4, 0.5) is 0 Å². The van der Waals surface area contributed by atoms with Crippen molar-refractivity contribution >= 4 is 21.9 Å². The highest BCUT2D eigenvalue weighted by molar-refractivity contribution is 7.46. The summed E-state index contributed by atoms with van der Waals surface area (Å²) in [6, 6.07) is 0. The van der Waals surface area contributed by atoms with Crippen molar-refractivity contribution in [2.45, 2.75) is 6.10 Å². The molecule has 9 nitrogen and oxygen atoms in total. The van der Waals surface area contributed by atoms with Crippen molar-refractivity contribution in [3.63, 3.8) is 0 Å². The molecule has 11 heteroatoms. The van der Waals surface area contributed by atoms with E-state index < -0.39 is 28.4 Å². The lowest BCUT2D eigenvalue weighted by molar-refractivity contribution is -0.115. The average molecular weight is 250 g/mol. The van der Waals surface area contributed by atoms with Crippen molar-refractivity contribution in [1.29, 1.82) is 0 Å². The Kier molecular flexibility index (Phi) is 5.07. The zero-order chi connectivity index (χ0) is 11.4. The molecule has 0 amide bonds. The molecule has 0 rings (SSSR count). The van der Waals surface area contributed by atoms with E-state index in [4.69, 9.17) is 19.6 Å². The van der Waals surface area contributed by atoms with Gasteiger partial charge in [0.25, 0.3) is 0 Å². The number of hydrogen-bond acceptors (Lipinski definition) is 5. The van der Waals surface area contributed by atoms with Gasteiger partial charge in [0.15, 0.2) is 6.29 Å². The SMILES string of the molecule is O=CC(COP(=O)(O)O)OP(=O)(O)O. The van der Waals surface area contributed by atoms with Crippen molar-refractivity contribution < 1.29 is 42.5 Å². The van der Waals surface area contributed by atoms with Crippen molar-refractivity contribution in [2.75, 3.05) is 6.61 Å². The fraction of sp³-hybridized carbons (Fsp3) is 0.667. The third-order valence-electron chi connectivity index (χ3n) is 0.831. The Bertz CT molecular complexity index is 274. The molecule has 0 heterocycles. The van der Waals surface area contributed by atoms with Gasteiger partial charge < -0.3 is 24.4 Å². The zero-order valence-corrected chi connectivity index (χ0v) is 8.38. The molecule has 0 aromatic carbocycles. The molecule has 0 aromatic heterocycles. The predicted octanol–water partition coefficient (Wildman–Crippen LogP) is -1.23. The first kappa shape index (κ1) is 13.9. The number of carbonyl (C=O) groups is 1. The summed E-state index contributed by atoms with van der Waals surface area (Å²) in [7, 11) is -9.67. The number of phosphoric acid groups is 2. The second kappa shape index (κ2) is 5.11. The molecule has 14 heavy (non-hydrogen) atoms. The van der Waals surface area contributed by atoms with Crippen molar-refractivity contribution in [1.82, 2.24) is 0 Å². The van der Waals surface area contributed by atoms with Crippen LogP contribution in [0.2, 0.25) is 0 Å². The number of phosphoric ester groups is 2. The Labute approximate surface area is 78.1 Å². The molecular formula is C3H8O9P2. The average Bonchev–Trinajstić information content (AvgIpc) is 1.94. The Morgan fingerprint density at radius 3 is 1.93 bits per heavy atom. The predicted molar refractivity (Wildman–Crippen MR) is 41.0 cm³/mol. The minimum Gasteiger partial charge on any atom is -0.303 e. The van der Waals surface area contributed by atoms with E-state index in [-0.39, 0.29) is 6.29 Å². The second-order valence-corrected chi connectivity index (χ2v) is 4.49. The van der Waals surface area contributed by atoms with E-state index in [1.54, 1.807) is 0 Å². The van der Waals surface area contributed by atoms with Gasteiger partial charge in [-0.1, -0.05) is 0 Å². The van der Waals surface area contributed by atoms with Gasteiger partial charge in [-0.25, -0.2) is 9.13 Å². The summed E-state index contributed by atoms with van der Waals surface area (Å²) in [5, 5.41) is 0. The summed E-state index contributed by atoms with van der Waals surface area (Å²) in [4.78, 5) is 42.9. The van der Waals surface area contributed by atoms with Gasteiger partial charge in [0.2, 0.25) is 0 Å². The normalized spacial score (nSPS) is 15.1. The molecule has 0 saturated heterocycles. The zero-order valence-electron chi connectivity index (χ0n) is 6.59. The highest BCUT2D eigenvalue weighted by atomic mass is 31.2. The molecule has 0 aliphatic rings. The Morgan fingerprint density at radius 1 is 1.14 bits per heavy atom. The Hall–Kier alpha value is -0.110. The number of carbonyl (C=O) groups excluding carboxylic acids is 1. The number of hydrogen-bond donors (Lipinski definition) is 4. The lowest BCUT2D eigenvalue weighted by Crippen LogP contribution is -2.19. The van der Waals surface area contributed by atoms with Gasteiger partial charge in [-0.3, -0.25) is 9.05 Å². The highest BCUT2D eigenvalue weighted by Gasteiger charge is 2.25. The molecule has 0 spiro atoms. The van der Waals surface area contributed by atoms with Crippen LogP contribution in [0, 0.1) is 0 Å². The van der Waals surface area contributed by atoms with E-state index in [1.165, 1.54) is 0 Å². The molecule has 0 aromatic rings. The maximum absolute atomic E-state index is 10.2. The van der Waals surface area contributed by atoms with Crippen LogP contribution in [0.3, 0.4) is 0 Å². The van der Waals surface area contributed by atoms with Gasteiger partial charge >= 0.3 is 15.6 Å². The molecule has 4 N–H and O–H groups in total. The molecule has 84 valence electrons. The third-order valence-corrected chi connectivity index (χ3v) is 1.86. The maximum atomic E-state index is 10.2. The van der Waals surface area contributed by atoms with E-state index in [9.17, 15) is 13.9 Å². The fourth-order valence-corrected chi connectivity index (χ4v) is 1.25. The van der Waals surface area contributed by atoms with Gasteiger partial charge in [0.1, 0.15) is 6.10 Å². The van der Waals surface area contributed by atoms with Crippen LogP contribution in [0.25, 0.3) is 0 Å². The quantitative estimate of drug-likeness (QED) is 0.335.